The minimum absolute atomic E-state index is 0.0494. The first kappa shape index (κ1) is 19.3. The van der Waals surface area contributed by atoms with Gasteiger partial charge in [0.25, 0.3) is 0 Å². The molecule has 0 unspecified atom stereocenters. The fourth-order valence-corrected chi connectivity index (χ4v) is 2.21. The minimum atomic E-state index is -0.450. The highest BCUT2D eigenvalue weighted by atomic mass is 16.1. The fourth-order valence-electron chi connectivity index (χ4n) is 2.21. The Morgan fingerprint density at radius 3 is 1.74 bits per heavy atom. The smallest absolute Gasteiger partial charge is 0.161 e. The van der Waals surface area contributed by atoms with Crippen LogP contribution >= 0.6 is 0 Å². The molecule has 1 aromatic carbocycles. The summed E-state index contributed by atoms with van der Waals surface area (Å²) in [5, 5.41) is 0. The van der Waals surface area contributed by atoms with E-state index in [9.17, 15) is 9.59 Å². The Labute approximate surface area is 141 Å². The van der Waals surface area contributed by atoms with Crippen molar-refractivity contribution in [2.75, 3.05) is 0 Å². The predicted octanol–water partition coefficient (Wildman–Crippen LogP) is 5.31. The van der Waals surface area contributed by atoms with E-state index in [0.717, 1.165) is 22.3 Å². The molecule has 2 heteroatoms. The molecule has 0 heterocycles. The van der Waals surface area contributed by atoms with Crippen LogP contribution in [0.15, 0.2) is 24.3 Å². The summed E-state index contributed by atoms with van der Waals surface area (Å²) in [6.45, 7) is 15.5. The maximum absolute atomic E-state index is 12.5. The maximum Gasteiger partial charge on any atom is 0.161 e. The summed E-state index contributed by atoms with van der Waals surface area (Å²) in [5.74, 6) is 0.193. The van der Waals surface area contributed by atoms with Crippen LogP contribution in [0.3, 0.4) is 0 Å². The van der Waals surface area contributed by atoms with Gasteiger partial charge in [-0.25, -0.2) is 0 Å². The summed E-state index contributed by atoms with van der Waals surface area (Å²) in [7, 11) is 0. The molecule has 0 bridgehead atoms. The van der Waals surface area contributed by atoms with E-state index in [1.165, 1.54) is 0 Å². The minimum Gasteiger partial charge on any atom is -0.299 e. The fraction of sp³-hybridized carbons (Fsp3) is 0.524. The molecular formula is C21H30O2. The van der Waals surface area contributed by atoms with Gasteiger partial charge >= 0.3 is 0 Å². The van der Waals surface area contributed by atoms with Gasteiger partial charge in [-0.3, -0.25) is 9.59 Å². The lowest BCUT2D eigenvalue weighted by Crippen LogP contribution is -2.22. The number of benzene rings is 1. The highest BCUT2D eigenvalue weighted by Gasteiger charge is 2.25. The van der Waals surface area contributed by atoms with E-state index in [-0.39, 0.29) is 18.0 Å². The van der Waals surface area contributed by atoms with Crippen LogP contribution in [-0.2, 0) is 9.59 Å². The van der Waals surface area contributed by atoms with Crippen molar-refractivity contribution in [3.05, 3.63) is 41.0 Å². The zero-order chi connectivity index (χ0) is 18.0. The van der Waals surface area contributed by atoms with Gasteiger partial charge in [-0.15, -0.1) is 0 Å². The molecule has 0 saturated carbocycles. The van der Waals surface area contributed by atoms with E-state index >= 15 is 0 Å². The highest BCUT2D eigenvalue weighted by molar-refractivity contribution is 6.04. The van der Waals surface area contributed by atoms with E-state index in [0.29, 0.717) is 0 Å². The van der Waals surface area contributed by atoms with Gasteiger partial charge in [0.15, 0.2) is 5.78 Å². The van der Waals surface area contributed by atoms with E-state index in [4.69, 9.17) is 0 Å². The van der Waals surface area contributed by atoms with Gasteiger partial charge in [0.05, 0.1) is 0 Å². The van der Waals surface area contributed by atoms with Crippen LogP contribution in [0, 0.1) is 24.7 Å². The number of allylic oxidation sites excluding steroid dienone is 2. The van der Waals surface area contributed by atoms with Gasteiger partial charge < -0.3 is 0 Å². The summed E-state index contributed by atoms with van der Waals surface area (Å²) in [6.07, 6.45) is 1.95. The van der Waals surface area contributed by atoms with Crippen molar-refractivity contribution in [3.8, 4) is 0 Å². The number of rotatable bonds is 4. The lowest BCUT2D eigenvalue weighted by Gasteiger charge is -2.20. The number of Topliss-reactive ketones (excluding diaryl/α,β-unsaturated/α-hetero) is 1. The first-order valence-corrected chi connectivity index (χ1v) is 8.17. The number of carbonyl (C=O) groups excluding carboxylic acids is 2. The van der Waals surface area contributed by atoms with Crippen molar-refractivity contribution < 1.29 is 9.59 Å². The van der Waals surface area contributed by atoms with Gasteiger partial charge in [0.1, 0.15) is 5.78 Å². The van der Waals surface area contributed by atoms with Crippen molar-refractivity contribution >= 4 is 17.1 Å². The molecular weight excluding hydrogens is 284 g/mol. The third-order valence-electron chi connectivity index (χ3n) is 3.82. The lowest BCUT2D eigenvalue weighted by atomic mass is 9.83. The molecule has 0 aliphatic carbocycles. The zero-order valence-corrected chi connectivity index (χ0v) is 15.8. The number of hydrogen-bond acceptors (Lipinski definition) is 2. The third kappa shape index (κ3) is 5.78. The second-order valence-electron chi connectivity index (χ2n) is 8.51. The molecule has 2 nitrogen and oxygen atoms in total. The molecule has 1 aromatic rings. The van der Waals surface area contributed by atoms with Crippen LogP contribution in [0.5, 0.6) is 0 Å². The Morgan fingerprint density at radius 1 is 0.870 bits per heavy atom. The molecule has 0 aromatic heterocycles. The van der Waals surface area contributed by atoms with Gasteiger partial charge in [0.2, 0.25) is 0 Å². The zero-order valence-electron chi connectivity index (χ0n) is 15.8. The predicted molar refractivity (Wildman–Crippen MR) is 97.4 cm³/mol. The molecule has 0 radical (unpaired) electrons. The van der Waals surface area contributed by atoms with Gasteiger partial charge in [-0.2, -0.15) is 0 Å². The first-order valence-electron chi connectivity index (χ1n) is 8.17. The molecule has 0 saturated heterocycles. The van der Waals surface area contributed by atoms with E-state index in [2.05, 4.69) is 6.07 Å². The lowest BCUT2D eigenvalue weighted by molar-refractivity contribution is -0.125. The van der Waals surface area contributed by atoms with Gasteiger partial charge in [-0.1, -0.05) is 70.9 Å². The SMILES string of the molecule is Cc1cc(C)cc(/C(=C/C(=O)C(C)(C)C)CC(=O)C(C)(C)C)c1. The Balaban J connectivity index is 3.34. The largest absolute Gasteiger partial charge is 0.299 e. The van der Waals surface area contributed by atoms with Crippen LogP contribution in [0.2, 0.25) is 0 Å². The van der Waals surface area contributed by atoms with Crippen LogP contribution in [0.1, 0.15) is 64.7 Å². The molecule has 0 spiro atoms. The molecule has 0 atom stereocenters. The Hall–Kier alpha value is -1.70. The third-order valence-corrected chi connectivity index (χ3v) is 3.82. The van der Waals surface area contributed by atoms with Crippen LogP contribution < -0.4 is 0 Å². The topological polar surface area (TPSA) is 34.1 Å². The summed E-state index contributed by atoms with van der Waals surface area (Å²) >= 11 is 0. The molecule has 0 aliphatic heterocycles. The van der Waals surface area contributed by atoms with Crippen molar-refractivity contribution in [3.63, 3.8) is 0 Å². The quantitative estimate of drug-likeness (QED) is 0.706. The summed E-state index contributed by atoms with van der Waals surface area (Å²) in [4.78, 5) is 25.0. The van der Waals surface area contributed by atoms with Crippen molar-refractivity contribution in [2.45, 2.75) is 61.8 Å². The van der Waals surface area contributed by atoms with Crippen molar-refractivity contribution in [1.82, 2.24) is 0 Å². The maximum atomic E-state index is 12.5. The normalized spacial score (nSPS) is 13.1. The molecule has 0 N–H and O–H groups in total. The molecule has 0 fully saturated rings. The average molecular weight is 314 g/mol. The highest BCUT2D eigenvalue weighted by Crippen LogP contribution is 2.28. The second-order valence-corrected chi connectivity index (χ2v) is 8.51. The van der Waals surface area contributed by atoms with Crippen LogP contribution in [0.25, 0.3) is 5.57 Å². The molecule has 0 amide bonds. The van der Waals surface area contributed by atoms with Crippen molar-refractivity contribution in [1.29, 1.82) is 0 Å². The van der Waals surface area contributed by atoms with Gasteiger partial charge in [0, 0.05) is 17.3 Å². The Bertz CT molecular complexity index is 615. The van der Waals surface area contributed by atoms with Crippen LogP contribution in [0.4, 0.5) is 0 Å². The second kappa shape index (κ2) is 6.82. The average Bonchev–Trinajstić information content (AvgIpc) is 2.34. The summed E-state index contributed by atoms with van der Waals surface area (Å²) < 4.78 is 0. The first-order chi connectivity index (χ1) is 10.3. The molecule has 23 heavy (non-hydrogen) atoms. The van der Waals surface area contributed by atoms with E-state index < -0.39 is 10.8 Å². The Kier molecular flexibility index (Phi) is 5.74. The molecule has 126 valence electrons. The Morgan fingerprint density at radius 2 is 1.35 bits per heavy atom. The van der Waals surface area contributed by atoms with E-state index in [1.54, 1.807) is 6.08 Å². The molecule has 0 aliphatic rings. The van der Waals surface area contributed by atoms with Crippen molar-refractivity contribution in [2.24, 2.45) is 10.8 Å². The number of aryl methyl sites for hydroxylation is 2. The number of hydrogen-bond donors (Lipinski definition) is 0. The number of ketones is 2. The summed E-state index contributed by atoms with van der Waals surface area (Å²) in [5.41, 5.74) is 3.20. The van der Waals surface area contributed by atoms with Crippen LogP contribution in [-0.4, -0.2) is 11.6 Å². The van der Waals surface area contributed by atoms with Gasteiger partial charge in [-0.05, 0) is 31.1 Å². The molecule has 1 rings (SSSR count). The van der Waals surface area contributed by atoms with E-state index in [1.807, 2.05) is 67.5 Å². The number of carbonyl (C=O) groups is 2. The standard InChI is InChI=1S/C21H30O2/c1-14-9-15(2)11-16(10-14)17(12-18(22)20(3,4)5)13-19(23)21(6,7)8/h9-12H,13H2,1-8H3/b17-12+. The monoisotopic (exact) mass is 314 g/mol. The summed E-state index contributed by atoms with van der Waals surface area (Å²) in [6, 6.07) is 6.19.